The van der Waals surface area contributed by atoms with Crippen molar-refractivity contribution in [1.82, 2.24) is 9.88 Å². The molecule has 1 aromatic carbocycles. The number of benzene rings is 1. The van der Waals surface area contributed by atoms with E-state index in [0.29, 0.717) is 13.0 Å². The van der Waals surface area contributed by atoms with Crippen LogP contribution in [-0.2, 0) is 16.0 Å². The highest BCUT2D eigenvalue weighted by Gasteiger charge is 2.29. The van der Waals surface area contributed by atoms with E-state index in [1.54, 1.807) is 6.92 Å². The van der Waals surface area contributed by atoms with Gasteiger partial charge in [-0.25, -0.2) is 0 Å². The zero-order chi connectivity index (χ0) is 16.2. The van der Waals surface area contributed by atoms with Crippen molar-refractivity contribution in [3.05, 3.63) is 42.2 Å². The molecule has 0 spiro atoms. The van der Waals surface area contributed by atoms with Gasteiger partial charge in [0.1, 0.15) is 0 Å². The van der Waals surface area contributed by atoms with Crippen LogP contribution in [0.3, 0.4) is 0 Å². The molecular formula is C18H20N2O2S. The fourth-order valence-electron chi connectivity index (χ4n) is 3.04. The Bertz CT molecular complexity index is 727. The smallest absolute Gasteiger partial charge is 0.222 e. The van der Waals surface area contributed by atoms with E-state index in [1.165, 1.54) is 17.1 Å². The molecule has 1 fully saturated rings. The van der Waals surface area contributed by atoms with Crippen molar-refractivity contribution in [3.8, 4) is 0 Å². The van der Waals surface area contributed by atoms with Gasteiger partial charge < -0.3 is 4.90 Å². The number of amides is 1. The Morgan fingerprint density at radius 1 is 1.35 bits per heavy atom. The average molecular weight is 328 g/mol. The maximum Gasteiger partial charge on any atom is 0.222 e. The number of rotatable bonds is 5. The summed E-state index contributed by atoms with van der Waals surface area (Å²) >= 11 is 1.32. The van der Waals surface area contributed by atoms with Crippen molar-refractivity contribution in [2.45, 2.75) is 19.8 Å². The van der Waals surface area contributed by atoms with E-state index in [-0.39, 0.29) is 16.9 Å². The van der Waals surface area contributed by atoms with Gasteiger partial charge in [-0.15, -0.1) is 0 Å². The van der Waals surface area contributed by atoms with Crippen LogP contribution in [0.15, 0.2) is 36.5 Å². The van der Waals surface area contributed by atoms with Gasteiger partial charge in [0, 0.05) is 55.9 Å². The number of fused-ring (bicyclic) bond motifs is 1. The van der Waals surface area contributed by atoms with Crippen molar-refractivity contribution in [2.24, 2.45) is 5.92 Å². The number of carbonyl (C=O) groups is 2. The second-order valence-electron chi connectivity index (χ2n) is 5.94. The van der Waals surface area contributed by atoms with Crippen LogP contribution in [0.1, 0.15) is 19.0 Å². The summed E-state index contributed by atoms with van der Waals surface area (Å²) in [6, 6.07) is 10.2. The van der Waals surface area contributed by atoms with E-state index in [4.69, 9.17) is 0 Å². The summed E-state index contributed by atoms with van der Waals surface area (Å²) in [7, 11) is 0. The molecule has 1 atom stereocenters. The van der Waals surface area contributed by atoms with Crippen molar-refractivity contribution in [3.63, 3.8) is 0 Å². The van der Waals surface area contributed by atoms with Crippen molar-refractivity contribution < 1.29 is 9.59 Å². The summed E-state index contributed by atoms with van der Waals surface area (Å²) < 4.78 is 0. The molecule has 1 amide bonds. The molecule has 1 unspecified atom stereocenters. The second kappa shape index (κ2) is 7.13. The molecule has 1 saturated heterocycles. The maximum absolute atomic E-state index is 12.1. The lowest BCUT2D eigenvalue weighted by Crippen LogP contribution is -2.28. The van der Waals surface area contributed by atoms with E-state index >= 15 is 0 Å². The minimum absolute atomic E-state index is 0.121. The van der Waals surface area contributed by atoms with Gasteiger partial charge in [0.15, 0.2) is 5.12 Å². The second-order valence-corrected chi connectivity index (χ2v) is 7.14. The summed E-state index contributed by atoms with van der Waals surface area (Å²) in [6.45, 7) is 3.02. The van der Waals surface area contributed by atoms with Gasteiger partial charge in [-0.3, -0.25) is 14.6 Å². The summed E-state index contributed by atoms with van der Waals surface area (Å²) in [6.07, 6.45) is 3.15. The Morgan fingerprint density at radius 3 is 3.00 bits per heavy atom. The standard InChI is InChI=1S/C18H20N2O2S/c1-13(21)23-12-14-10-18(22)20(11-14)9-7-17-16-5-3-2-4-15(16)6-8-19-17/h2-6,8,14H,7,9-12H2,1H3. The Labute approximate surface area is 140 Å². The van der Waals surface area contributed by atoms with Crippen LogP contribution in [-0.4, -0.2) is 39.7 Å². The fourth-order valence-corrected chi connectivity index (χ4v) is 3.73. The topological polar surface area (TPSA) is 50.3 Å². The largest absolute Gasteiger partial charge is 0.342 e. The fraction of sp³-hybridized carbons (Fsp3) is 0.389. The Kier molecular flexibility index (Phi) is 4.96. The first kappa shape index (κ1) is 16.0. The molecule has 1 aliphatic heterocycles. The van der Waals surface area contributed by atoms with Crippen LogP contribution in [0.5, 0.6) is 0 Å². The van der Waals surface area contributed by atoms with Gasteiger partial charge in [-0.1, -0.05) is 36.0 Å². The summed E-state index contributed by atoms with van der Waals surface area (Å²) in [4.78, 5) is 29.6. The molecule has 120 valence electrons. The van der Waals surface area contributed by atoms with Gasteiger partial charge in [0.25, 0.3) is 0 Å². The zero-order valence-electron chi connectivity index (χ0n) is 13.2. The number of pyridine rings is 1. The van der Waals surface area contributed by atoms with Crippen molar-refractivity contribution in [1.29, 1.82) is 0 Å². The van der Waals surface area contributed by atoms with E-state index < -0.39 is 0 Å². The number of likely N-dealkylation sites (tertiary alicyclic amines) is 1. The van der Waals surface area contributed by atoms with Gasteiger partial charge in [0.2, 0.25) is 5.91 Å². The average Bonchev–Trinajstić information content (AvgIpc) is 2.91. The van der Waals surface area contributed by atoms with Gasteiger partial charge in [-0.2, -0.15) is 0 Å². The Hall–Kier alpha value is -1.88. The quantitative estimate of drug-likeness (QED) is 0.847. The number of aromatic nitrogens is 1. The monoisotopic (exact) mass is 328 g/mol. The predicted molar refractivity (Wildman–Crippen MR) is 93.3 cm³/mol. The molecule has 0 aliphatic carbocycles. The summed E-state index contributed by atoms with van der Waals surface area (Å²) in [5.74, 6) is 1.22. The van der Waals surface area contributed by atoms with E-state index in [1.807, 2.05) is 29.3 Å². The molecule has 2 heterocycles. The van der Waals surface area contributed by atoms with Crippen LogP contribution < -0.4 is 0 Å². The predicted octanol–water partition coefficient (Wildman–Crippen LogP) is 2.91. The molecule has 3 rings (SSSR count). The lowest BCUT2D eigenvalue weighted by Gasteiger charge is -2.16. The molecule has 1 aromatic heterocycles. The van der Waals surface area contributed by atoms with Crippen LogP contribution in [0.25, 0.3) is 10.8 Å². The highest BCUT2D eigenvalue weighted by Crippen LogP contribution is 2.23. The first-order valence-corrected chi connectivity index (χ1v) is 8.86. The molecule has 1 aliphatic rings. The Balaban J connectivity index is 1.61. The number of hydrogen-bond acceptors (Lipinski definition) is 4. The van der Waals surface area contributed by atoms with E-state index in [9.17, 15) is 9.59 Å². The molecule has 0 bridgehead atoms. The number of hydrogen-bond donors (Lipinski definition) is 0. The highest BCUT2D eigenvalue weighted by atomic mass is 32.2. The lowest BCUT2D eigenvalue weighted by molar-refractivity contribution is -0.127. The van der Waals surface area contributed by atoms with Gasteiger partial charge in [-0.05, 0) is 17.4 Å². The molecule has 4 nitrogen and oxygen atoms in total. The van der Waals surface area contributed by atoms with Gasteiger partial charge >= 0.3 is 0 Å². The normalized spacial score (nSPS) is 17.9. The molecule has 0 N–H and O–H groups in total. The molecule has 5 heteroatoms. The van der Waals surface area contributed by atoms with E-state index in [2.05, 4.69) is 17.1 Å². The molecule has 23 heavy (non-hydrogen) atoms. The minimum Gasteiger partial charge on any atom is -0.342 e. The lowest BCUT2D eigenvalue weighted by atomic mass is 10.1. The molecule has 0 saturated carbocycles. The highest BCUT2D eigenvalue weighted by molar-refractivity contribution is 8.13. The first-order chi connectivity index (χ1) is 11.1. The van der Waals surface area contributed by atoms with Crippen molar-refractivity contribution >= 4 is 33.6 Å². The molecular weight excluding hydrogens is 308 g/mol. The van der Waals surface area contributed by atoms with E-state index in [0.717, 1.165) is 29.8 Å². The first-order valence-electron chi connectivity index (χ1n) is 7.87. The van der Waals surface area contributed by atoms with Crippen LogP contribution in [0.4, 0.5) is 0 Å². The van der Waals surface area contributed by atoms with Gasteiger partial charge in [0.05, 0.1) is 0 Å². The van der Waals surface area contributed by atoms with Crippen LogP contribution in [0, 0.1) is 5.92 Å². The molecule has 2 aromatic rings. The van der Waals surface area contributed by atoms with Crippen LogP contribution >= 0.6 is 11.8 Å². The third kappa shape index (κ3) is 3.91. The number of thioether (sulfide) groups is 1. The number of nitrogens with zero attached hydrogens (tertiary/aromatic N) is 2. The number of carbonyl (C=O) groups excluding carboxylic acids is 2. The summed E-state index contributed by atoms with van der Waals surface area (Å²) in [5, 5.41) is 2.46. The SMILES string of the molecule is CC(=O)SCC1CC(=O)N(CCc2nccc3ccccc23)C1. The zero-order valence-corrected chi connectivity index (χ0v) is 14.0. The van der Waals surface area contributed by atoms with Crippen LogP contribution in [0.2, 0.25) is 0 Å². The molecule has 0 radical (unpaired) electrons. The minimum atomic E-state index is 0.121. The Morgan fingerprint density at radius 2 is 2.17 bits per heavy atom. The summed E-state index contributed by atoms with van der Waals surface area (Å²) in [5.41, 5.74) is 1.04. The third-order valence-corrected chi connectivity index (χ3v) is 5.24. The maximum atomic E-state index is 12.1. The van der Waals surface area contributed by atoms with Crippen molar-refractivity contribution in [2.75, 3.05) is 18.8 Å². The third-order valence-electron chi connectivity index (χ3n) is 4.19.